The first-order valence-electron chi connectivity index (χ1n) is 9.98. The molecule has 7 heteroatoms. The van der Waals surface area contributed by atoms with E-state index in [1.807, 2.05) is 26.8 Å². The molecule has 1 aromatic rings. The topological polar surface area (TPSA) is 56.3 Å². The number of benzene rings is 1. The van der Waals surface area contributed by atoms with E-state index in [9.17, 15) is 9.59 Å². The van der Waals surface area contributed by atoms with Crippen molar-refractivity contribution in [2.24, 2.45) is 0 Å². The molecule has 3 fully saturated rings. The Morgan fingerprint density at radius 2 is 1.26 bits per heavy atom. The summed E-state index contributed by atoms with van der Waals surface area (Å²) < 4.78 is 5.31. The van der Waals surface area contributed by atoms with Gasteiger partial charge in [-0.15, -0.1) is 0 Å². The lowest BCUT2D eigenvalue weighted by molar-refractivity contribution is 0.0362. The van der Waals surface area contributed by atoms with E-state index in [-0.39, 0.29) is 11.9 Å². The van der Waals surface area contributed by atoms with E-state index >= 15 is 0 Å². The molecule has 7 nitrogen and oxygen atoms in total. The molecule has 3 amide bonds. The van der Waals surface area contributed by atoms with Gasteiger partial charge in [-0.3, -0.25) is 4.79 Å². The average Bonchev–Trinajstić information content (AvgIpc) is 3.28. The zero-order valence-corrected chi connectivity index (χ0v) is 15.8. The lowest BCUT2D eigenvalue weighted by Gasteiger charge is -2.38. The Balaban J connectivity index is 1.31. The van der Waals surface area contributed by atoms with Gasteiger partial charge in [-0.1, -0.05) is 0 Å². The molecular weight excluding hydrogens is 344 g/mol. The highest BCUT2D eigenvalue weighted by molar-refractivity contribution is 5.94. The zero-order chi connectivity index (χ0) is 18.6. The predicted octanol–water partition coefficient (Wildman–Crippen LogP) is 1.50. The molecule has 0 spiro atoms. The van der Waals surface area contributed by atoms with Gasteiger partial charge in [0, 0.05) is 63.6 Å². The van der Waals surface area contributed by atoms with Gasteiger partial charge in [0.2, 0.25) is 0 Å². The summed E-state index contributed by atoms with van der Waals surface area (Å²) in [4.78, 5) is 33.3. The Labute approximate surface area is 160 Å². The third-order valence-electron chi connectivity index (χ3n) is 5.70. The van der Waals surface area contributed by atoms with Gasteiger partial charge in [-0.2, -0.15) is 0 Å². The van der Waals surface area contributed by atoms with Crippen LogP contribution in [0.3, 0.4) is 0 Å². The van der Waals surface area contributed by atoms with Crippen molar-refractivity contribution in [2.45, 2.75) is 12.8 Å². The molecule has 0 atom stereocenters. The molecule has 0 N–H and O–H groups in total. The van der Waals surface area contributed by atoms with Crippen LogP contribution in [0.5, 0.6) is 0 Å². The fourth-order valence-corrected chi connectivity index (χ4v) is 4.03. The Bertz CT molecular complexity index is 658. The normalized spacial score (nSPS) is 20.9. The van der Waals surface area contributed by atoms with E-state index in [1.165, 1.54) is 18.5 Å². The van der Waals surface area contributed by atoms with Crippen LogP contribution in [0, 0.1) is 0 Å². The molecule has 146 valence electrons. The SMILES string of the molecule is O=C(c1ccc(N2CCCC2)cc1)N1CCN(C(=O)N2CCOCC2)CC1. The summed E-state index contributed by atoms with van der Waals surface area (Å²) in [5.74, 6) is 0.0569. The number of morpholine rings is 1. The monoisotopic (exact) mass is 372 g/mol. The molecule has 1 aromatic carbocycles. The van der Waals surface area contributed by atoms with Crippen molar-refractivity contribution in [3.05, 3.63) is 29.8 Å². The first kappa shape index (κ1) is 18.1. The van der Waals surface area contributed by atoms with Crippen LogP contribution >= 0.6 is 0 Å². The van der Waals surface area contributed by atoms with Crippen molar-refractivity contribution >= 4 is 17.6 Å². The molecule has 27 heavy (non-hydrogen) atoms. The second-order valence-corrected chi connectivity index (χ2v) is 7.40. The Morgan fingerprint density at radius 1 is 0.704 bits per heavy atom. The molecule has 3 heterocycles. The molecule has 3 aliphatic heterocycles. The summed E-state index contributed by atoms with van der Waals surface area (Å²) in [6, 6.07) is 8.04. The molecule has 0 aliphatic carbocycles. The van der Waals surface area contributed by atoms with Crippen LogP contribution in [-0.4, -0.2) is 92.2 Å². The minimum absolute atomic E-state index is 0.0569. The van der Waals surface area contributed by atoms with Crippen molar-refractivity contribution in [3.8, 4) is 0 Å². The maximum atomic E-state index is 12.8. The van der Waals surface area contributed by atoms with Gasteiger partial charge < -0.3 is 24.3 Å². The maximum absolute atomic E-state index is 12.8. The summed E-state index contributed by atoms with van der Waals surface area (Å²) in [5.41, 5.74) is 1.93. The summed E-state index contributed by atoms with van der Waals surface area (Å²) in [5, 5.41) is 0. The van der Waals surface area contributed by atoms with Crippen LogP contribution in [0.1, 0.15) is 23.2 Å². The quantitative estimate of drug-likeness (QED) is 0.789. The largest absolute Gasteiger partial charge is 0.378 e. The van der Waals surface area contributed by atoms with Crippen LogP contribution in [0.4, 0.5) is 10.5 Å². The number of urea groups is 1. The molecular formula is C20H28N4O3. The highest BCUT2D eigenvalue weighted by atomic mass is 16.5. The van der Waals surface area contributed by atoms with Crippen molar-refractivity contribution in [1.82, 2.24) is 14.7 Å². The molecule has 0 aromatic heterocycles. The van der Waals surface area contributed by atoms with E-state index in [2.05, 4.69) is 17.0 Å². The van der Waals surface area contributed by atoms with Crippen LogP contribution in [0.25, 0.3) is 0 Å². The lowest BCUT2D eigenvalue weighted by Crippen LogP contribution is -2.55. The van der Waals surface area contributed by atoms with Gasteiger partial charge >= 0.3 is 6.03 Å². The number of nitrogens with zero attached hydrogens (tertiary/aromatic N) is 4. The van der Waals surface area contributed by atoms with Gasteiger partial charge in [0.05, 0.1) is 13.2 Å². The van der Waals surface area contributed by atoms with E-state index in [1.54, 1.807) is 0 Å². The minimum Gasteiger partial charge on any atom is -0.378 e. The number of carbonyl (C=O) groups excluding carboxylic acids is 2. The Morgan fingerprint density at radius 3 is 1.89 bits per heavy atom. The third kappa shape index (κ3) is 4.03. The highest BCUT2D eigenvalue weighted by Crippen LogP contribution is 2.21. The molecule has 0 saturated carbocycles. The van der Waals surface area contributed by atoms with E-state index in [4.69, 9.17) is 4.74 Å². The van der Waals surface area contributed by atoms with Crippen molar-refractivity contribution in [2.75, 3.05) is 70.5 Å². The number of piperazine rings is 1. The zero-order valence-electron chi connectivity index (χ0n) is 15.8. The standard InChI is InChI=1S/C20H28N4O3/c25-19(17-3-5-18(6-4-17)21-7-1-2-8-21)22-9-11-23(12-10-22)20(26)24-13-15-27-16-14-24/h3-6H,1-2,7-16H2. The van der Waals surface area contributed by atoms with Crippen LogP contribution < -0.4 is 4.90 Å². The fourth-order valence-electron chi connectivity index (χ4n) is 4.03. The van der Waals surface area contributed by atoms with Crippen molar-refractivity contribution < 1.29 is 14.3 Å². The molecule has 3 aliphatic rings. The summed E-state index contributed by atoms with van der Waals surface area (Å²) >= 11 is 0. The van der Waals surface area contributed by atoms with Crippen molar-refractivity contribution in [1.29, 1.82) is 0 Å². The molecule has 3 saturated heterocycles. The summed E-state index contributed by atoms with van der Waals surface area (Å²) in [6.07, 6.45) is 2.49. The molecule has 4 rings (SSSR count). The molecule has 0 radical (unpaired) electrons. The second-order valence-electron chi connectivity index (χ2n) is 7.40. The van der Waals surface area contributed by atoms with Crippen molar-refractivity contribution in [3.63, 3.8) is 0 Å². The predicted molar refractivity (Wildman–Crippen MR) is 103 cm³/mol. The number of hydrogen-bond donors (Lipinski definition) is 0. The van der Waals surface area contributed by atoms with Gasteiger partial charge in [0.25, 0.3) is 5.91 Å². The highest BCUT2D eigenvalue weighted by Gasteiger charge is 2.28. The molecule has 0 bridgehead atoms. The second kappa shape index (κ2) is 8.17. The van der Waals surface area contributed by atoms with Gasteiger partial charge in [0.15, 0.2) is 0 Å². The number of anilines is 1. The third-order valence-corrected chi connectivity index (χ3v) is 5.70. The van der Waals surface area contributed by atoms with Crippen LogP contribution in [0.2, 0.25) is 0 Å². The maximum Gasteiger partial charge on any atom is 0.320 e. The first-order chi connectivity index (χ1) is 13.2. The molecule has 0 unspecified atom stereocenters. The van der Waals surface area contributed by atoms with Gasteiger partial charge in [-0.05, 0) is 37.1 Å². The lowest BCUT2D eigenvalue weighted by atomic mass is 10.1. The minimum atomic E-state index is 0.0569. The number of carbonyl (C=O) groups is 2. The van der Waals surface area contributed by atoms with Crippen LogP contribution in [0.15, 0.2) is 24.3 Å². The number of rotatable bonds is 2. The number of hydrogen-bond acceptors (Lipinski definition) is 4. The van der Waals surface area contributed by atoms with Crippen LogP contribution in [-0.2, 0) is 4.74 Å². The first-order valence-corrected chi connectivity index (χ1v) is 9.98. The van der Waals surface area contributed by atoms with E-state index in [0.717, 1.165) is 18.7 Å². The Kier molecular flexibility index (Phi) is 5.48. The fraction of sp³-hybridized carbons (Fsp3) is 0.600. The summed E-state index contributed by atoms with van der Waals surface area (Å²) in [6.45, 7) is 7.09. The smallest absolute Gasteiger partial charge is 0.320 e. The average molecular weight is 372 g/mol. The number of amides is 3. The number of ether oxygens (including phenoxy) is 1. The summed E-state index contributed by atoms with van der Waals surface area (Å²) in [7, 11) is 0. The van der Waals surface area contributed by atoms with E-state index in [0.29, 0.717) is 52.5 Å². The van der Waals surface area contributed by atoms with Gasteiger partial charge in [0.1, 0.15) is 0 Å². The Hall–Kier alpha value is -2.28. The van der Waals surface area contributed by atoms with E-state index < -0.39 is 0 Å². The van der Waals surface area contributed by atoms with Gasteiger partial charge in [-0.25, -0.2) is 4.79 Å².